The fraction of sp³-hybridized carbons (Fsp3) is 0.0244. The third kappa shape index (κ3) is 8.09. The Morgan fingerprint density at radius 3 is 1.27 bits per heavy atom. The molecular weight excluding hydrogens is 722 g/mol. The van der Waals surface area contributed by atoms with Crippen molar-refractivity contribution in [1.82, 2.24) is 39.9 Å². The molecule has 0 atom stereocenters. The smallest absolute Gasteiger partial charge is 0.104 e. The van der Waals surface area contributed by atoms with Crippen molar-refractivity contribution in [2.24, 2.45) is 0 Å². The van der Waals surface area contributed by atoms with Crippen LogP contribution in [0.15, 0.2) is 152 Å². The fourth-order valence-electron chi connectivity index (χ4n) is 5.28. The van der Waals surface area contributed by atoms with Crippen molar-refractivity contribution in [3.05, 3.63) is 158 Å². The van der Waals surface area contributed by atoms with Crippen LogP contribution in [0.4, 0.5) is 0 Å². The van der Waals surface area contributed by atoms with Crippen molar-refractivity contribution in [3.63, 3.8) is 0 Å². The molecule has 0 unspecified atom stereocenters. The summed E-state index contributed by atoms with van der Waals surface area (Å²) in [6.07, 6.45) is 10.6. The molecule has 9 nitrogen and oxygen atoms in total. The Balaban J connectivity index is 0.000000149. The molecule has 9 aromatic rings. The molecule has 246 valence electrons. The molecule has 2 aromatic carbocycles. The van der Waals surface area contributed by atoms with Gasteiger partial charge >= 0.3 is 0 Å². The van der Waals surface area contributed by atoms with Crippen LogP contribution in [-0.4, -0.2) is 51.6 Å². The second kappa shape index (κ2) is 16.8. The summed E-state index contributed by atoms with van der Waals surface area (Å²) < 4.78 is 0. The van der Waals surface area contributed by atoms with E-state index in [0.29, 0.717) is 0 Å². The molecule has 0 radical (unpaired) electrons. The molecule has 1 N–H and O–H groups in total. The summed E-state index contributed by atoms with van der Waals surface area (Å²) in [5, 5.41) is 10.7. The van der Waals surface area contributed by atoms with Crippen LogP contribution in [0.3, 0.4) is 0 Å². The Hall–Kier alpha value is -6.40. The first-order chi connectivity index (χ1) is 24.8. The molecule has 7 aromatic heterocycles. The van der Waals surface area contributed by atoms with Gasteiger partial charge < -0.3 is 5.11 Å². The monoisotopic (exact) mass is 750 g/mol. The van der Waals surface area contributed by atoms with Gasteiger partial charge in [-0.1, -0.05) is 36.1 Å². The fourth-order valence-corrected chi connectivity index (χ4v) is 5.28. The third-order valence-electron chi connectivity index (χ3n) is 7.51. The number of fused-ring (bicyclic) bond motifs is 7. The molecule has 0 saturated heterocycles. The van der Waals surface area contributed by atoms with Crippen molar-refractivity contribution < 1.29 is 24.6 Å². The quantitative estimate of drug-likeness (QED) is 0.0828. The van der Waals surface area contributed by atoms with Crippen molar-refractivity contribution in [3.8, 4) is 34.6 Å². The van der Waals surface area contributed by atoms with E-state index in [9.17, 15) is 0 Å². The molecule has 0 bridgehead atoms. The Labute approximate surface area is 306 Å². The van der Waals surface area contributed by atoms with E-state index in [2.05, 4.69) is 41.7 Å². The summed E-state index contributed by atoms with van der Waals surface area (Å²) in [6, 6.07) is 36.7. The number of aromatic nitrogens is 8. The molecule has 0 amide bonds. The number of hydrogen-bond acceptors (Lipinski definition) is 9. The van der Waals surface area contributed by atoms with Crippen LogP contribution in [0.25, 0.3) is 66.6 Å². The van der Waals surface area contributed by atoms with Gasteiger partial charge in [-0.3, -0.25) is 29.9 Å². The zero-order valence-corrected chi connectivity index (χ0v) is 28.8. The van der Waals surface area contributed by atoms with Crippen molar-refractivity contribution in [2.75, 3.05) is 6.61 Å². The molecule has 51 heavy (non-hydrogen) atoms. The largest absolute Gasteiger partial charge is 0.384 e. The van der Waals surface area contributed by atoms with Crippen LogP contribution in [0.1, 0.15) is 5.56 Å². The number of pyridine rings is 6. The molecule has 0 saturated carbocycles. The van der Waals surface area contributed by atoms with Crippen LogP contribution in [0.2, 0.25) is 0 Å². The van der Waals surface area contributed by atoms with E-state index in [-0.39, 0.29) is 26.1 Å². The summed E-state index contributed by atoms with van der Waals surface area (Å²) >= 11 is 0. The molecule has 0 aliphatic carbocycles. The van der Waals surface area contributed by atoms with Crippen LogP contribution >= 0.6 is 0 Å². The maximum atomic E-state index is 8.89. The van der Waals surface area contributed by atoms with Crippen LogP contribution in [0, 0.1) is 11.8 Å². The van der Waals surface area contributed by atoms with Crippen molar-refractivity contribution in [2.45, 2.75) is 0 Å². The van der Waals surface area contributed by atoms with E-state index in [1.165, 1.54) is 0 Å². The first-order valence-electron chi connectivity index (χ1n) is 15.8. The molecule has 9 rings (SSSR count). The van der Waals surface area contributed by atoms with Gasteiger partial charge in [-0.15, -0.1) is 0 Å². The van der Waals surface area contributed by atoms with Gasteiger partial charge in [0.15, 0.2) is 0 Å². The van der Waals surface area contributed by atoms with Crippen LogP contribution in [0.5, 0.6) is 0 Å². The summed E-state index contributed by atoms with van der Waals surface area (Å²) in [6.45, 7) is -0.170. The van der Waals surface area contributed by atoms with Crippen LogP contribution < -0.4 is 0 Å². The number of hydrogen-bond donors (Lipinski definition) is 1. The summed E-state index contributed by atoms with van der Waals surface area (Å²) in [5.74, 6) is 5.57. The molecule has 0 aliphatic rings. The second-order valence-electron chi connectivity index (χ2n) is 10.7. The molecule has 0 aliphatic heterocycles. The predicted molar refractivity (Wildman–Crippen MR) is 197 cm³/mol. The number of nitrogens with zero attached hydrogens (tertiary/aromatic N) is 8. The average Bonchev–Trinajstić information content (AvgIpc) is 3.21. The maximum Gasteiger partial charge on any atom is 0.104 e. The van der Waals surface area contributed by atoms with Gasteiger partial charge in [-0.2, -0.15) is 0 Å². The third-order valence-corrected chi connectivity index (χ3v) is 7.51. The van der Waals surface area contributed by atoms with Gasteiger partial charge in [-0.05, 0) is 91.0 Å². The minimum atomic E-state index is -0.170. The summed E-state index contributed by atoms with van der Waals surface area (Å²) in [7, 11) is 0. The maximum absolute atomic E-state index is 8.89. The number of rotatable bonds is 2. The van der Waals surface area contributed by atoms with Crippen molar-refractivity contribution >= 4 is 43.9 Å². The van der Waals surface area contributed by atoms with Crippen LogP contribution in [-0.2, 0) is 19.5 Å². The summed E-state index contributed by atoms with van der Waals surface area (Å²) in [4.78, 5) is 35.5. The molecule has 0 fully saturated rings. The Bertz CT molecular complexity index is 2430. The van der Waals surface area contributed by atoms with E-state index in [1.54, 1.807) is 37.2 Å². The number of benzene rings is 2. The van der Waals surface area contributed by atoms with Crippen molar-refractivity contribution in [1.29, 1.82) is 0 Å². The predicted octanol–water partition coefficient (Wildman–Crippen LogP) is 7.51. The van der Waals surface area contributed by atoms with Gasteiger partial charge in [0.25, 0.3) is 0 Å². The second-order valence-corrected chi connectivity index (χ2v) is 10.7. The molecule has 0 spiro atoms. The van der Waals surface area contributed by atoms with Gasteiger partial charge in [0.2, 0.25) is 0 Å². The van der Waals surface area contributed by atoms with E-state index in [4.69, 9.17) is 15.1 Å². The van der Waals surface area contributed by atoms with Gasteiger partial charge in [-0.25, -0.2) is 9.97 Å². The van der Waals surface area contributed by atoms with Gasteiger partial charge in [0.1, 0.15) is 6.61 Å². The molecule has 10 heteroatoms. The zero-order valence-electron chi connectivity index (χ0n) is 27.0. The minimum Gasteiger partial charge on any atom is -0.384 e. The molecular formula is C41H28N8ORu. The van der Waals surface area contributed by atoms with E-state index >= 15 is 0 Å². The number of aliphatic hydroxyl groups excluding tert-OH is 1. The standard InChI is InChI=1S/C21H12N4O.2C10H8N2.Ru/c26-11-3-4-13-7-8-16-17(12-13)25-21-15-6-2-10-23-19(15)18-14(20(21)24-16)5-1-9-22-18;2*1-3-7-11-9(5-1)10-6-2-4-8-12-10;/h1-2,5-10,12,26H,11H2;2*1-8H;. The first-order valence-corrected chi connectivity index (χ1v) is 15.8. The Morgan fingerprint density at radius 2 is 0.863 bits per heavy atom. The first kappa shape index (κ1) is 34.5. The average molecular weight is 750 g/mol. The zero-order chi connectivity index (χ0) is 34.0. The van der Waals surface area contributed by atoms with E-state index in [1.807, 2.05) is 115 Å². The summed E-state index contributed by atoms with van der Waals surface area (Å²) in [5.41, 5.74) is 9.27. The Kier molecular flexibility index (Phi) is 11.4. The normalized spacial score (nSPS) is 10.2. The Morgan fingerprint density at radius 1 is 0.431 bits per heavy atom. The van der Waals surface area contributed by atoms with E-state index < -0.39 is 0 Å². The van der Waals surface area contributed by atoms with Gasteiger partial charge in [0, 0.05) is 73.0 Å². The number of aliphatic hydroxyl groups is 1. The van der Waals surface area contributed by atoms with Gasteiger partial charge in [0.05, 0.1) is 55.9 Å². The SMILES string of the molecule is OCC#Cc1ccc2nc3c4cccnc4c4ncccc4c3nc2c1.[Ru].c1ccc(-c2ccccn2)nc1.c1ccc(-c2ccccn2)nc1. The topological polar surface area (TPSA) is 123 Å². The molecule has 7 heterocycles. The minimum absolute atomic E-state index is 0. The van der Waals surface area contributed by atoms with E-state index in [0.717, 1.165) is 72.2 Å².